The maximum atomic E-state index is 13.2. The first kappa shape index (κ1) is 21.6. The molecule has 3 aromatic carbocycles. The molecule has 164 valence electrons. The number of hydrogen-bond donors (Lipinski definition) is 2. The van der Waals surface area contributed by atoms with E-state index in [1.807, 2.05) is 36.4 Å². The average Bonchev–Trinajstić information content (AvgIpc) is 2.72. The highest BCUT2D eigenvalue weighted by Crippen LogP contribution is 2.29. The van der Waals surface area contributed by atoms with Gasteiger partial charge in [-0.2, -0.15) is 0 Å². The van der Waals surface area contributed by atoms with E-state index in [9.17, 15) is 9.59 Å². The Bertz CT molecular complexity index is 1220. The van der Waals surface area contributed by atoms with Crippen LogP contribution in [-0.4, -0.2) is 17.6 Å². The van der Waals surface area contributed by atoms with Crippen molar-refractivity contribution >= 4 is 34.1 Å². The van der Waals surface area contributed by atoms with Gasteiger partial charge in [0, 0.05) is 5.69 Å². The van der Waals surface area contributed by atoms with Crippen LogP contribution in [0, 0.1) is 0 Å². The van der Waals surface area contributed by atoms with E-state index in [0.29, 0.717) is 11.3 Å². The van der Waals surface area contributed by atoms with E-state index in [-0.39, 0.29) is 5.91 Å². The number of nitrogens with one attached hydrogen (secondary N) is 2. The Morgan fingerprint density at radius 1 is 0.906 bits per heavy atom. The van der Waals surface area contributed by atoms with Crippen molar-refractivity contribution < 1.29 is 14.3 Å². The highest BCUT2D eigenvalue weighted by molar-refractivity contribution is 6.12. The summed E-state index contributed by atoms with van der Waals surface area (Å²) in [5.41, 5.74) is 4.61. The number of anilines is 2. The smallest absolute Gasteiger partial charge is 0.412 e. The topological polar surface area (TPSA) is 67.4 Å². The Morgan fingerprint density at radius 3 is 2.34 bits per heavy atom. The first-order chi connectivity index (χ1) is 15.2. The van der Waals surface area contributed by atoms with Gasteiger partial charge in [-0.15, -0.1) is 0 Å². The van der Waals surface area contributed by atoms with Crippen molar-refractivity contribution in [2.75, 3.05) is 10.6 Å². The highest BCUT2D eigenvalue weighted by Gasteiger charge is 2.20. The number of rotatable bonds is 3. The molecule has 0 spiro atoms. The zero-order valence-corrected chi connectivity index (χ0v) is 18.7. The van der Waals surface area contributed by atoms with Gasteiger partial charge in [0.15, 0.2) is 0 Å². The number of hydrogen-bond acceptors (Lipinski definition) is 3. The fourth-order valence-electron chi connectivity index (χ4n) is 3.92. The molecular weight excluding hydrogens is 400 g/mol. The van der Waals surface area contributed by atoms with Crippen LogP contribution < -0.4 is 10.6 Å². The zero-order chi connectivity index (χ0) is 22.9. The molecule has 1 aliphatic rings. The Labute approximate surface area is 188 Å². The molecule has 4 rings (SSSR count). The number of benzene rings is 3. The molecule has 0 saturated heterocycles. The Balaban J connectivity index is 1.64. The van der Waals surface area contributed by atoms with Crippen molar-refractivity contribution in [1.82, 2.24) is 0 Å². The lowest BCUT2D eigenvalue weighted by Gasteiger charge is -2.21. The number of amides is 2. The van der Waals surface area contributed by atoms with Crippen molar-refractivity contribution in [1.29, 1.82) is 0 Å². The Hall–Kier alpha value is -3.60. The highest BCUT2D eigenvalue weighted by atomic mass is 16.6. The number of ether oxygens (including phenoxy) is 1. The molecule has 0 bridgehead atoms. The monoisotopic (exact) mass is 428 g/mol. The number of aryl methyl sites for hydroxylation is 1. The third kappa shape index (κ3) is 4.99. The van der Waals surface area contributed by atoms with Crippen LogP contribution in [0.4, 0.5) is 16.2 Å². The van der Waals surface area contributed by atoms with Crippen LogP contribution in [-0.2, 0) is 17.6 Å². The molecule has 0 unspecified atom stereocenters. The minimum absolute atomic E-state index is 0.290. The van der Waals surface area contributed by atoms with Gasteiger partial charge in [0.2, 0.25) is 0 Å². The quantitative estimate of drug-likeness (QED) is 0.469. The number of fused-ring (bicyclic) bond motifs is 2. The third-order valence-electron chi connectivity index (χ3n) is 5.42. The van der Waals surface area contributed by atoms with Crippen molar-refractivity contribution in [3.05, 3.63) is 83.4 Å². The van der Waals surface area contributed by atoms with E-state index < -0.39 is 11.7 Å². The molecule has 0 saturated carbocycles. The van der Waals surface area contributed by atoms with Gasteiger partial charge in [-0.3, -0.25) is 10.1 Å². The molecule has 2 amide bonds. The normalized spacial score (nSPS) is 13.4. The van der Waals surface area contributed by atoms with E-state index in [4.69, 9.17) is 4.74 Å². The molecule has 5 nitrogen and oxygen atoms in total. The van der Waals surface area contributed by atoms with Crippen molar-refractivity contribution in [3.63, 3.8) is 0 Å². The van der Waals surface area contributed by atoms with Crippen LogP contribution in [0.5, 0.6) is 0 Å². The van der Waals surface area contributed by atoms with E-state index in [1.54, 1.807) is 32.9 Å². The van der Waals surface area contributed by atoms with Gasteiger partial charge < -0.3 is 10.1 Å². The van der Waals surface area contributed by atoms with E-state index in [1.165, 1.54) is 16.7 Å². The second kappa shape index (κ2) is 8.50. The number of allylic oxidation sites excluding steroid dienone is 1. The maximum absolute atomic E-state index is 13.2. The SMILES string of the molecule is C=C1CCc2cc(NC(=O)c3cc4ccccc4cc3NC(=O)OC(C)(C)C)ccc2C1. The van der Waals surface area contributed by atoms with Crippen LogP contribution in [0.2, 0.25) is 0 Å². The Morgan fingerprint density at radius 2 is 1.62 bits per heavy atom. The van der Waals surface area contributed by atoms with Gasteiger partial charge in [-0.05, 0) is 86.2 Å². The predicted octanol–water partition coefficient (Wildman–Crippen LogP) is 6.48. The molecule has 0 atom stereocenters. The van der Waals surface area contributed by atoms with Crippen LogP contribution in [0.3, 0.4) is 0 Å². The molecule has 0 heterocycles. The predicted molar refractivity (Wildman–Crippen MR) is 129 cm³/mol. The van der Waals surface area contributed by atoms with Crippen molar-refractivity contribution in [2.24, 2.45) is 0 Å². The second-order valence-corrected chi connectivity index (χ2v) is 9.24. The molecule has 3 aromatic rings. The minimum atomic E-state index is -0.641. The van der Waals surface area contributed by atoms with Gasteiger partial charge in [0.05, 0.1) is 11.3 Å². The summed E-state index contributed by atoms with van der Waals surface area (Å²) in [4.78, 5) is 25.7. The lowest BCUT2D eigenvalue weighted by molar-refractivity contribution is 0.0636. The first-order valence-corrected chi connectivity index (χ1v) is 10.8. The molecule has 0 aliphatic heterocycles. The van der Waals surface area contributed by atoms with E-state index in [2.05, 4.69) is 23.3 Å². The third-order valence-corrected chi connectivity index (χ3v) is 5.42. The largest absolute Gasteiger partial charge is 0.444 e. The summed E-state index contributed by atoms with van der Waals surface area (Å²) < 4.78 is 5.39. The summed E-state index contributed by atoms with van der Waals surface area (Å²) in [6.07, 6.45) is 2.19. The van der Waals surface area contributed by atoms with Crippen molar-refractivity contribution in [3.8, 4) is 0 Å². The molecule has 0 aromatic heterocycles. The van der Waals surface area contributed by atoms with Gasteiger partial charge in [0.25, 0.3) is 5.91 Å². The number of carbonyl (C=O) groups excluding carboxylic acids is 2. The number of carbonyl (C=O) groups is 2. The molecular formula is C27H28N2O3. The summed E-state index contributed by atoms with van der Waals surface area (Å²) >= 11 is 0. The lowest BCUT2D eigenvalue weighted by Crippen LogP contribution is -2.28. The molecule has 32 heavy (non-hydrogen) atoms. The van der Waals surface area contributed by atoms with Crippen LogP contribution >= 0.6 is 0 Å². The lowest BCUT2D eigenvalue weighted by atomic mass is 9.88. The Kier molecular flexibility index (Phi) is 5.74. The summed E-state index contributed by atoms with van der Waals surface area (Å²) in [5.74, 6) is -0.290. The minimum Gasteiger partial charge on any atom is -0.444 e. The van der Waals surface area contributed by atoms with Gasteiger partial charge in [-0.25, -0.2) is 4.79 Å². The fourth-order valence-corrected chi connectivity index (χ4v) is 3.92. The summed E-state index contributed by atoms with van der Waals surface area (Å²) in [5, 5.41) is 7.58. The van der Waals surface area contributed by atoms with Crippen LogP contribution in [0.15, 0.2) is 66.7 Å². The second-order valence-electron chi connectivity index (χ2n) is 9.24. The van der Waals surface area contributed by atoms with Gasteiger partial charge in [-0.1, -0.05) is 42.5 Å². The summed E-state index contributed by atoms with van der Waals surface area (Å²) in [6.45, 7) is 9.48. The fraction of sp³-hybridized carbons (Fsp3) is 0.259. The summed E-state index contributed by atoms with van der Waals surface area (Å²) in [7, 11) is 0. The molecule has 0 radical (unpaired) electrons. The average molecular weight is 429 g/mol. The van der Waals surface area contributed by atoms with E-state index >= 15 is 0 Å². The maximum Gasteiger partial charge on any atom is 0.412 e. The molecule has 2 N–H and O–H groups in total. The zero-order valence-electron chi connectivity index (χ0n) is 18.7. The molecule has 5 heteroatoms. The van der Waals surface area contributed by atoms with E-state index in [0.717, 1.165) is 35.7 Å². The standard InChI is InChI=1S/C27H28N2O3/c1-17-9-10-21-14-22(12-11-20(21)13-17)28-25(30)23-15-18-7-5-6-8-19(18)16-24(23)29-26(31)32-27(2,3)4/h5-8,11-12,14-16H,1,9-10,13H2,2-4H3,(H,28,30)(H,29,31). The van der Waals surface area contributed by atoms with Crippen molar-refractivity contribution in [2.45, 2.75) is 45.6 Å². The van der Waals surface area contributed by atoms with Crippen LogP contribution in [0.25, 0.3) is 10.8 Å². The summed E-state index contributed by atoms with van der Waals surface area (Å²) in [6, 6.07) is 17.3. The van der Waals surface area contributed by atoms with Gasteiger partial charge in [0.1, 0.15) is 5.60 Å². The molecule has 1 aliphatic carbocycles. The van der Waals surface area contributed by atoms with Gasteiger partial charge >= 0.3 is 6.09 Å². The first-order valence-electron chi connectivity index (χ1n) is 10.8. The molecule has 0 fully saturated rings. The van der Waals surface area contributed by atoms with Crippen LogP contribution in [0.1, 0.15) is 48.7 Å².